The van der Waals surface area contributed by atoms with Crippen LogP contribution in [0.25, 0.3) is 22.3 Å². The normalized spacial score (nSPS) is 18.7. The molecule has 2 aliphatic heterocycles. The van der Waals surface area contributed by atoms with E-state index in [9.17, 15) is 0 Å². The quantitative estimate of drug-likeness (QED) is 0.403. The summed E-state index contributed by atoms with van der Waals surface area (Å²) in [4.78, 5) is 16.9. The number of nitrogens with two attached hydrogens (primary N) is 1. The number of hydrogen-bond donors (Lipinski definition) is 3. The third-order valence-corrected chi connectivity index (χ3v) is 6.62. The molecule has 5 heterocycles. The van der Waals surface area contributed by atoms with Crippen LogP contribution in [0.2, 0.25) is 0 Å². The first-order valence-electron chi connectivity index (χ1n) is 12.1. The zero-order valence-electron chi connectivity index (χ0n) is 19.5. The van der Waals surface area contributed by atoms with Gasteiger partial charge in [-0.05, 0) is 48.7 Å². The van der Waals surface area contributed by atoms with Crippen molar-refractivity contribution in [2.75, 3.05) is 54.5 Å². The van der Waals surface area contributed by atoms with Crippen LogP contribution in [0.1, 0.15) is 12.8 Å². The molecule has 1 atom stereocenters. The number of morpholine rings is 1. The van der Waals surface area contributed by atoms with Crippen molar-refractivity contribution in [3.05, 3.63) is 48.8 Å². The van der Waals surface area contributed by atoms with Crippen LogP contribution in [0.5, 0.6) is 0 Å². The number of piperidine rings is 1. The maximum Gasteiger partial charge on any atom is 0.153 e. The summed E-state index contributed by atoms with van der Waals surface area (Å²) < 4.78 is 5.49. The maximum atomic E-state index is 6.09. The van der Waals surface area contributed by atoms with Gasteiger partial charge in [-0.25, -0.2) is 9.97 Å². The van der Waals surface area contributed by atoms with E-state index >= 15 is 0 Å². The van der Waals surface area contributed by atoms with E-state index in [-0.39, 0.29) is 6.04 Å². The van der Waals surface area contributed by atoms with Crippen LogP contribution < -0.4 is 20.9 Å². The van der Waals surface area contributed by atoms with Gasteiger partial charge in [0.05, 0.1) is 18.6 Å². The Balaban J connectivity index is 1.16. The van der Waals surface area contributed by atoms with Crippen LogP contribution >= 0.6 is 0 Å². The summed E-state index contributed by atoms with van der Waals surface area (Å²) >= 11 is 0. The summed E-state index contributed by atoms with van der Waals surface area (Å²) in [5.41, 5.74) is 9.95. The number of anilines is 4. The summed E-state index contributed by atoms with van der Waals surface area (Å²) in [7, 11) is 0. The van der Waals surface area contributed by atoms with Crippen LogP contribution in [0.4, 0.5) is 23.1 Å². The van der Waals surface area contributed by atoms with Gasteiger partial charge >= 0.3 is 0 Å². The highest BCUT2D eigenvalue weighted by molar-refractivity contribution is 5.92. The van der Waals surface area contributed by atoms with Gasteiger partial charge in [-0.15, -0.1) is 10.2 Å². The van der Waals surface area contributed by atoms with Crippen molar-refractivity contribution in [1.82, 2.24) is 25.1 Å². The number of nitrogens with zero attached hydrogens (tertiary/aromatic N) is 6. The number of H-pyrrole nitrogens is 1. The Labute approximate surface area is 203 Å². The average Bonchev–Trinajstić information content (AvgIpc) is 3.35. The molecule has 1 aromatic carbocycles. The number of hydrogen-bond acceptors (Lipinski definition) is 9. The molecular formula is C25H29N9O. The smallest absolute Gasteiger partial charge is 0.153 e. The Kier molecular flexibility index (Phi) is 5.89. The summed E-state index contributed by atoms with van der Waals surface area (Å²) in [6.45, 7) is 4.92. The highest BCUT2D eigenvalue weighted by Gasteiger charge is 2.19. The van der Waals surface area contributed by atoms with Crippen molar-refractivity contribution in [3.63, 3.8) is 0 Å². The van der Waals surface area contributed by atoms with Crippen molar-refractivity contribution in [1.29, 1.82) is 0 Å². The second-order valence-electron chi connectivity index (χ2n) is 9.07. The number of ether oxygens (including phenoxy) is 1. The lowest BCUT2D eigenvalue weighted by Crippen LogP contribution is -2.43. The van der Waals surface area contributed by atoms with Crippen molar-refractivity contribution in [2.45, 2.75) is 18.9 Å². The van der Waals surface area contributed by atoms with Gasteiger partial charge in [0.1, 0.15) is 17.8 Å². The minimum atomic E-state index is 0.206. The Hall–Kier alpha value is -3.76. The third-order valence-electron chi connectivity index (χ3n) is 6.62. The standard InChI is InChI=1S/C25H29N9O/c26-18-2-1-9-34(15-18)23-8-7-22(31-32-23)29-19-5-3-17(4-6-19)21-14-20-24(30-21)27-16-28-25(20)33-10-12-35-13-11-33/h3-8,14,16,18H,1-2,9-13,15,26H2,(H,29,31)(H,27,28,30)/t18-/m1/s1. The predicted octanol–water partition coefficient (Wildman–Crippen LogP) is 2.92. The van der Waals surface area contributed by atoms with Crippen molar-refractivity contribution >= 4 is 34.2 Å². The van der Waals surface area contributed by atoms with Crippen LogP contribution in [-0.4, -0.2) is 70.6 Å². The molecule has 4 aromatic rings. The van der Waals surface area contributed by atoms with Gasteiger partial charge in [0, 0.05) is 43.6 Å². The Morgan fingerprint density at radius 1 is 0.971 bits per heavy atom. The van der Waals surface area contributed by atoms with Crippen LogP contribution in [-0.2, 0) is 4.74 Å². The monoisotopic (exact) mass is 471 g/mol. The second kappa shape index (κ2) is 9.47. The molecule has 2 aliphatic rings. The molecule has 0 bridgehead atoms. The topological polar surface area (TPSA) is 121 Å². The van der Waals surface area contributed by atoms with E-state index in [0.29, 0.717) is 5.82 Å². The molecule has 3 aromatic heterocycles. The molecule has 0 radical (unpaired) electrons. The van der Waals surface area contributed by atoms with Gasteiger partial charge in [0.25, 0.3) is 0 Å². The first-order chi connectivity index (χ1) is 17.2. The third kappa shape index (κ3) is 4.62. The average molecular weight is 472 g/mol. The van der Waals surface area contributed by atoms with E-state index < -0.39 is 0 Å². The Morgan fingerprint density at radius 3 is 2.60 bits per heavy atom. The first-order valence-corrected chi connectivity index (χ1v) is 12.1. The fourth-order valence-electron chi connectivity index (χ4n) is 4.77. The van der Waals surface area contributed by atoms with Gasteiger partial charge in [0.2, 0.25) is 0 Å². The van der Waals surface area contributed by atoms with E-state index in [1.54, 1.807) is 6.33 Å². The molecule has 0 spiro atoms. The van der Waals surface area contributed by atoms with E-state index in [2.05, 4.69) is 58.5 Å². The SMILES string of the molecule is N[C@@H]1CCCN(c2ccc(Nc3ccc(-c4cc5c(N6CCOCC6)ncnc5[nH]4)cc3)nn2)C1. The molecule has 0 unspecified atom stereocenters. The molecule has 0 aliphatic carbocycles. The van der Waals surface area contributed by atoms with Crippen LogP contribution in [0, 0.1) is 0 Å². The number of nitrogens with one attached hydrogen (secondary N) is 2. The second-order valence-corrected chi connectivity index (χ2v) is 9.07. The summed E-state index contributed by atoms with van der Waals surface area (Å²) in [6, 6.07) is 14.5. The van der Waals surface area contributed by atoms with Crippen molar-refractivity contribution < 1.29 is 4.74 Å². The summed E-state index contributed by atoms with van der Waals surface area (Å²) in [6.07, 6.45) is 3.78. The lowest BCUT2D eigenvalue weighted by molar-refractivity contribution is 0.122. The van der Waals surface area contributed by atoms with Crippen molar-refractivity contribution in [3.8, 4) is 11.3 Å². The Bertz CT molecular complexity index is 1280. The first kappa shape index (κ1) is 21.8. The lowest BCUT2D eigenvalue weighted by Gasteiger charge is -2.31. The molecule has 0 saturated carbocycles. The zero-order chi connectivity index (χ0) is 23.6. The minimum Gasteiger partial charge on any atom is -0.378 e. The van der Waals surface area contributed by atoms with Crippen molar-refractivity contribution in [2.24, 2.45) is 5.73 Å². The van der Waals surface area contributed by atoms with Gasteiger partial charge in [-0.2, -0.15) is 0 Å². The summed E-state index contributed by atoms with van der Waals surface area (Å²) in [5, 5.41) is 13.1. The van der Waals surface area contributed by atoms with Crippen LogP contribution in [0.3, 0.4) is 0 Å². The molecule has 0 amide bonds. The number of fused-ring (bicyclic) bond motifs is 1. The number of aromatic nitrogens is 5. The van der Waals surface area contributed by atoms with E-state index in [1.807, 2.05) is 24.3 Å². The number of aromatic amines is 1. The fraction of sp³-hybridized carbons (Fsp3) is 0.360. The van der Waals surface area contributed by atoms with Gasteiger partial charge in [-0.3, -0.25) is 0 Å². The fourth-order valence-corrected chi connectivity index (χ4v) is 4.77. The van der Waals surface area contributed by atoms with E-state index in [4.69, 9.17) is 10.5 Å². The molecule has 10 nitrogen and oxygen atoms in total. The van der Waals surface area contributed by atoms with Gasteiger partial charge < -0.3 is 30.6 Å². The number of benzene rings is 1. The molecule has 6 rings (SSSR count). The molecule has 2 fully saturated rings. The molecular weight excluding hydrogens is 442 g/mol. The molecule has 180 valence electrons. The Morgan fingerprint density at radius 2 is 1.83 bits per heavy atom. The zero-order valence-corrected chi connectivity index (χ0v) is 19.5. The van der Waals surface area contributed by atoms with Crippen LogP contribution in [0.15, 0.2) is 48.8 Å². The molecule has 2 saturated heterocycles. The highest BCUT2D eigenvalue weighted by Crippen LogP contribution is 2.30. The van der Waals surface area contributed by atoms with E-state index in [0.717, 1.165) is 91.8 Å². The van der Waals surface area contributed by atoms with Gasteiger partial charge in [-0.1, -0.05) is 12.1 Å². The lowest BCUT2D eigenvalue weighted by atomic mass is 10.1. The summed E-state index contributed by atoms with van der Waals surface area (Å²) in [5.74, 6) is 2.53. The van der Waals surface area contributed by atoms with E-state index in [1.165, 1.54) is 0 Å². The molecule has 35 heavy (non-hydrogen) atoms. The minimum absolute atomic E-state index is 0.206. The predicted molar refractivity (Wildman–Crippen MR) is 137 cm³/mol. The number of rotatable bonds is 5. The molecule has 10 heteroatoms. The van der Waals surface area contributed by atoms with Gasteiger partial charge in [0.15, 0.2) is 11.6 Å². The largest absolute Gasteiger partial charge is 0.378 e. The maximum absolute atomic E-state index is 6.09. The molecule has 4 N–H and O–H groups in total. The highest BCUT2D eigenvalue weighted by atomic mass is 16.5.